The van der Waals surface area contributed by atoms with Crippen LogP contribution in [0.5, 0.6) is 0 Å². The molecule has 0 bridgehead atoms. The summed E-state index contributed by atoms with van der Waals surface area (Å²) in [5.74, 6) is -0.570. The average Bonchev–Trinajstić information content (AvgIpc) is 2.94. The van der Waals surface area contributed by atoms with Crippen molar-refractivity contribution >= 4 is 28.9 Å². The largest absolute Gasteiger partial charge is 0.379 e. The number of carbonyl (C=O) groups excluding carboxylic acids is 1. The van der Waals surface area contributed by atoms with Gasteiger partial charge in [0.05, 0.1) is 35.2 Å². The highest BCUT2D eigenvalue weighted by Gasteiger charge is 2.21. The maximum atomic E-state index is 15.2. The molecule has 1 N–H and O–H groups in total. The predicted octanol–water partition coefficient (Wildman–Crippen LogP) is 5.60. The molecule has 3 aromatic carbocycles. The molecule has 0 aliphatic carbocycles. The number of benzene rings is 3. The summed E-state index contributed by atoms with van der Waals surface area (Å²) < 4.78 is 20.6. The summed E-state index contributed by atoms with van der Waals surface area (Å²) in [6, 6.07) is 14.8. The van der Waals surface area contributed by atoms with Crippen LogP contribution < -0.4 is 10.2 Å². The normalized spacial score (nSPS) is 16.9. The third kappa shape index (κ3) is 6.28. The lowest BCUT2D eigenvalue weighted by molar-refractivity contribution is 0.0342. The van der Waals surface area contributed by atoms with Crippen molar-refractivity contribution in [2.45, 2.75) is 20.4 Å². The first kappa shape index (κ1) is 27.6. The van der Waals surface area contributed by atoms with Crippen molar-refractivity contribution in [3.63, 3.8) is 0 Å². The van der Waals surface area contributed by atoms with Crippen LogP contribution in [0.2, 0.25) is 5.02 Å². The van der Waals surface area contributed by atoms with Crippen LogP contribution in [0.15, 0.2) is 48.5 Å². The summed E-state index contributed by atoms with van der Waals surface area (Å²) in [7, 11) is 2.11. The Kier molecular flexibility index (Phi) is 8.52. The van der Waals surface area contributed by atoms with E-state index in [1.807, 2.05) is 50.2 Å². The van der Waals surface area contributed by atoms with Crippen molar-refractivity contribution in [3.05, 3.63) is 81.6 Å². The summed E-state index contributed by atoms with van der Waals surface area (Å²) >= 11 is 6.57. The Morgan fingerprint density at radius 2 is 1.72 bits per heavy atom. The number of carbonyl (C=O) groups is 1. The summed E-state index contributed by atoms with van der Waals surface area (Å²) in [5.41, 5.74) is 6.19. The molecule has 3 aromatic rings. The summed E-state index contributed by atoms with van der Waals surface area (Å²) in [5, 5.41) is 3.56. The number of ether oxygens (including phenoxy) is 1. The highest BCUT2D eigenvalue weighted by Crippen LogP contribution is 2.35. The molecule has 0 atom stereocenters. The van der Waals surface area contributed by atoms with Crippen molar-refractivity contribution in [1.29, 1.82) is 0 Å². The minimum absolute atomic E-state index is 0.280. The van der Waals surface area contributed by atoms with Gasteiger partial charge in [-0.2, -0.15) is 0 Å². The van der Waals surface area contributed by atoms with E-state index in [1.54, 1.807) is 6.07 Å². The second-order valence-corrected chi connectivity index (χ2v) is 10.9. The van der Waals surface area contributed by atoms with Gasteiger partial charge in [0.1, 0.15) is 5.82 Å². The molecule has 6 nitrogen and oxygen atoms in total. The Balaban J connectivity index is 1.49. The van der Waals surface area contributed by atoms with Gasteiger partial charge in [0.25, 0.3) is 5.91 Å². The van der Waals surface area contributed by atoms with Crippen LogP contribution in [0.4, 0.5) is 15.8 Å². The standard InChI is InChI=1S/C31H36ClFN4O2/c1-21-4-7-25(30(32)22(21)2)31(38)34-28-19-24(6-9-29(28)37-12-10-35(3)11-13-37)26-18-23(5-8-27(26)33)20-36-14-16-39-17-15-36/h4-9,18-19H,10-17,20H2,1-3H3,(H,34,38). The average molecular weight is 551 g/mol. The number of morpholine rings is 1. The Morgan fingerprint density at radius 1 is 0.974 bits per heavy atom. The number of aryl methyl sites for hydroxylation is 1. The molecule has 2 heterocycles. The van der Waals surface area contributed by atoms with E-state index in [0.29, 0.717) is 21.8 Å². The van der Waals surface area contributed by atoms with E-state index in [9.17, 15) is 4.79 Å². The fraction of sp³-hybridized carbons (Fsp3) is 0.387. The van der Waals surface area contributed by atoms with Crippen LogP contribution in [0.3, 0.4) is 0 Å². The van der Waals surface area contributed by atoms with Gasteiger partial charge in [-0.05, 0) is 73.5 Å². The first-order valence-corrected chi connectivity index (χ1v) is 13.9. The molecule has 2 saturated heterocycles. The minimum atomic E-state index is -0.289. The van der Waals surface area contributed by atoms with Crippen molar-refractivity contribution in [2.24, 2.45) is 0 Å². The molecular weight excluding hydrogens is 515 g/mol. The third-order valence-corrected chi connectivity index (χ3v) is 8.33. The molecule has 2 fully saturated rings. The van der Waals surface area contributed by atoms with Crippen LogP contribution >= 0.6 is 11.6 Å². The molecule has 5 rings (SSSR count). The van der Waals surface area contributed by atoms with Gasteiger partial charge in [0.15, 0.2) is 0 Å². The smallest absolute Gasteiger partial charge is 0.257 e. The molecule has 1 amide bonds. The first-order chi connectivity index (χ1) is 18.8. The molecular formula is C31H36ClFN4O2. The van der Waals surface area contributed by atoms with Gasteiger partial charge in [0.2, 0.25) is 0 Å². The minimum Gasteiger partial charge on any atom is -0.379 e. The van der Waals surface area contributed by atoms with Crippen LogP contribution in [0.25, 0.3) is 11.1 Å². The predicted molar refractivity (Wildman–Crippen MR) is 157 cm³/mol. The Labute approximate surface area is 235 Å². The monoisotopic (exact) mass is 550 g/mol. The maximum Gasteiger partial charge on any atom is 0.257 e. The molecule has 206 valence electrons. The molecule has 0 saturated carbocycles. The second-order valence-electron chi connectivity index (χ2n) is 10.5. The lowest BCUT2D eigenvalue weighted by atomic mass is 10.00. The first-order valence-electron chi connectivity index (χ1n) is 13.5. The third-order valence-electron chi connectivity index (χ3n) is 7.84. The van der Waals surface area contributed by atoms with E-state index in [4.69, 9.17) is 16.3 Å². The number of halogens is 2. The summed E-state index contributed by atoms with van der Waals surface area (Å²) in [4.78, 5) is 20.3. The number of anilines is 2. The number of hydrogen-bond donors (Lipinski definition) is 1. The zero-order chi connectivity index (χ0) is 27.5. The topological polar surface area (TPSA) is 48.1 Å². The zero-order valence-corrected chi connectivity index (χ0v) is 23.7. The molecule has 0 aromatic heterocycles. The number of nitrogens with zero attached hydrogens (tertiary/aromatic N) is 3. The van der Waals surface area contributed by atoms with Gasteiger partial charge in [0, 0.05) is 51.4 Å². The lowest BCUT2D eigenvalue weighted by Gasteiger charge is -2.35. The van der Waals surface area contributed by atoms with Gasteiger partial charge in [-0.3, -0.25) is 9.69 Å². The number of likely N-dealkylation sites (N-methyl/N-ethyl adjacent to an activating group) is 1. The molecule has 39 heavy (non-hydrogen) atoms. The van der Waals surface area contributed by atoms with Crippen LogP contribution in [-0.4, -0.2) is 75.2 Å². The van der Waals surface area contributed by atoms with E-state index in [1.165, 1.54) is 6.07 Å². The van der Waals surface area contributed by atoms with Gasteiger partial charge < -0.3 is 19.9 Å². The quantitative estimate of drug-likeness (QED) is 0.433. The molecule has 0 spiro atoms. The molecule has 2 aliphatic heterocycles. The fourth-order valence-electron chi connectivity index (χ4n) is 5.18. The van der Waals surface area contributed by atoms with E-state index < -0.39 is 0 Å². The Morgan fingerprint density at radius 3 is 2.46 bits per heavy atom. The van der Waals surface area contributed by atoms with E-state index in [2.05, 4.69) is 27.1 Å². The van der Waals surface area contributed by atoms with Crippen molar-refractivity contribution in [1.82, 2.24) is 9.80 Å². The van der Waals surface area contributed by atoms with Crippen LogP contribution in [-0.2, 0) is 11.3 Å². The molecule has 8 heteroatoms. The van der Waals surface area contributed by atoms with Gasteiger partial charge in [-0.15, -0.1) is 0 Å². The van der Waals surface area contributed by atoms with Gasteiger partial charge in [-0.1, -0.05) is 29.8 Å². The van der Waals surface area contributed by atoms with Crippen molar-refractivity contribution in [3.8, 4) is 11.1 Å². The van der Waals surface area contributed by atoms with Gasteiger partial charge >= 0.3 is 0 Å². The Bertz CT molecular complexity index is 1350. The number of amides is 1. The molecule has 0 unspecified atom stereocenters. The molecule has 2 aliphatic rings. The zero-order valence-electron chi connectivity index (χ0n) is 22.9. The maximum absolute atomic E-state index is 15.2. The number of hydrogen-bond acceptors (Lipinski definition) is 5. The summed E-state index contributed by atoms with van der Waals surface area (Å²) in [6.07, 6.45) is 0. The van der Waals surface area contributed by atoms with Crippen LogP contribution in [0.1, 0.15) is 27.0 Å². The number of rotatable bonds is 6. The Hall–Kier alpha value is -2.97. The highest BCUT2D eigenvalue weighted by atomic mass is 35.5. The molecule has 0 radical (unpaired) electrons. The fourth-order valence-corrected chi connectivity index (χ4v) is 5.48. The van der Waals surface area contributed by atoms with E-state index in [-0.39, 0.29) is 11.7 Å². The second kappa shape index (κ2) is 12.0. The highest BCUT2D eigenvalue weighted by molar-refractivity contribution is 6.35. The lowest BCUT2D eigenvalue weighted by Crippen LogP contribution is -2.44. The summed E-state index contributed by atoms with van der Waals surface area (Å²) in [6.45, 7) is 11.3. The SMILES string of the molecule is Cc1ccc(C(=O)Nc2cc(-c3cc(CN4CCOCC4)ccc3F)ccc2N2CCN(C)CC2)c(Cl)c1C. The number of nitrogens with one attached hydrogen (secondary N) is 1. The van der Waals surface area contributed by atoms with Gasteiger partial charge in [-0.25, -0.2) is 4.39 Å². The van der Waals surface area contributed by atoms with E-state index >= 15 is 4.39 Å². The van der Waals surface area contributed by atoms with Crippen molar-refractivity contribution in [2.75, 3.05) is 69.7 Å². The number of piperazine rings is 1. The van der Waals surface area contributed by atoms with Crippen LogP contribution in [0, 0.1) is 19.7 Å². The van der Waals surface area contributed by atoms with Crippen molar-refractivity contribution < 1.29 is 13.9 Å². The van der Waals surface area contributed by atoms with E-state index in [0.717, 1.165) is 87.0 Å².